The molecule has 0 aliphatic carbocycles. The molecule has 1 aromatic rings. The third-order valence-electron chi connectivity index (χ3n) is 2.09. The molecule has 1 aliphatic heterocycles. The van der Waals surface area contributed by atoms with Gasteiger partial charge in [0.05, 0.1) is 5.56 Å². The lowest BCUT2D eigenvalue weighted by atomic mass is 10.1. The van der Waals surface area contributed by atoms with E-state index in [2.05, 4.69) is 5.32 Å². The van der Waals surface area contributed by atoms with Gasteiger partial charge in [-0.2, -0.15) is 0 Å². The van der Waals surface area contributed by atoms with E-state index in [1.54, 1.807) is 12.1 Å². The van der Waals surface area contributed by atoms with Gasteiger partial charge in [-0.25, -0.2) is 0 Å². The summed E-state index contributed by atoms with van der Waals surface area (Å²) >= 11 is 0. The van der Waals surface area contributed by atoms with Gasteiger partial charge < -0.3 is 10.4 Å². The van der Waals surface area contributed by atoms with Crippen molar-refractivity contribution in [2.24, 2.45) is 0 Å². The second kappa shape index (κ2) is 2.52. The first-order valence-corrected chi connectivity index (χ1v) is 3.86. The number of fused-ring (bicyclic) bond motifs is 1. The van der Waals surface area contributed by atoms with Crippen molar-refractivity contribution in [2.75, 3.05) is 11.9 Å². The fourth-order valence-electron chi connectivity index (χ4n) is 1.45. The first-order valence-electron chi connectivity index (χ1n) is 3.86. The van der Waals surface area contributed by atoms with Crippen molar-refractivity contribution < 1.29 is 9.90 Å². The monoisotopic (exact) mass is 163 g/mol. The summed E-state index contributed by atoms with van der Waals surface area (Å²) in [4.78, 5) is 10.4. The maximum Gasteiger partial charge on any atom is 0.153 e. The molecule has 0 amide bonds. The smallest absolute Gasteiger partial charge is 0.153 e. The van der Waals surface area contributed by atoms with E-state index >= 15 is 0 Å². The highest BCUT2D eigenvalue weighted by molar-refractivity contribution is 5.82. The van der Waals surface area contributed by atoms with Crippen LogP contribution in [0.1, 0.15) is 15.9 Å². The van der Waals surface area contributed by atoms with Gasteiger partial charge in [0.15, 0.2) is 6.29 Å². The maximum absolute atomic E-state index is 10.4. The fraction of sp³-hybridized carbons (Fsp3) is 0.222. The lowest BCUT2D eigenvalue weighted by Gasteiger charge is -2.02. The molecule has 2 rings (SSSR count). The molecule has 2 N–H and O–H groups in total. The van der Waals surface area contributed by atoms with Gasteiger partial charge in [0.1, 0.15) is 5.75 Å². The summed E-state index contributed by atoms with van der Waals surface area (Å²) in [5, 5.41) is 12.4. The van der Waals surface area contributed by atoms with Crippen LogP contribution in [0.4, 0.5) is 5.69 Å². The van der Waals surface area contributed by atoms with Crippen LogP contribution in [0.3, 0.4) is 0 Å². The van der Waals surface area contributed by atoms with Crippen molar-refractivity contribution in [1.29, 1.82) is 0 Å². The minimum Gasteiger partial charge on any atom is -0.507 e. The molecule has 3 nitrogen and oxygen atoms in total. The van der Waals surface area contributed by atoms with Crippen molar-refractivity contribution >= 4 is 12.0 Å². The summed E-state index contributed by atoms with van der Waals surface area (Å²) in [5.74, 6) is 0.0538. The van der Waals surface area contributed by atoms with E-state index in [1.807, 2.05) is 0 Å². The zero-order chi connectivity index (χ0) is 8.55. The molecule has 0 fully saturated rings. The van der Waals surface area contributed by atoms with Crippen LogP contribution in [0.5, 0.6) is 5.75 Å². The Balaban J connectivity index is 2.56. The second-order valence-corrected chi connectivity index (χ2v) is 2.86. The highest BCUT2D eigenvalue weighted by Crippen LogP contribution is 2.28. The minimum atomic E-state index is 0.0538. The summed E-state index contributed by atoms with van der Waals surface area (Å²) in [6, 6.07) is 3.34. The minimum absolute atomic E-state index is 0.0538. The lowest BCUT2D eigenvalue weighted by molar-refractivity contribution is 0.112. The average molecular weight is 163 g/mol. The first-order chi connectivity index (χ1) is 5.81. The van der Waals surface area contributed by atoms with Gasteiger partial charge in [0.2, 0.25) is 0 Å². The molecule has 0 saturated carbocycles. The molecular formula is C9H9NO2. The predicted octanol–water partition coefficient (Wildman–Crippen LogP) is 1.17. The Morgan fingerprint density at radius 3 is 3.08 bits per heavy atom. The highest BCUT2D eigenvalue weighted by Gasteiger charge is 2.12. The molecule has 0 bridgehead atoms. The van der Waals surface area contributed by atoms with E-state index in [0.717, 1.165) is 24.2 Å². The molecule has 1 aliphatic rings. The number of carbonyl (C=O) groups is 1. The number of phenolic OH excluding ortho intramolecular Hbond substituents is 1. The zero-order valence-electron chi connectivity index (χ0n) is 6.50. The van der Waals surface area contributed by atoms with Crippen molar-refractivity contribution in [3.63, 3.8) is 0 Å². The number of aldehydes is 1. The Bertz CT molecular complexity index is 334. The molecule has 1 aromatic carbocycles. The normalized spacial score (nSPS) is 13.7. The lowest BCUT2D eigenvalue weighted by Crippen LogP contribution is -1.90. The van der Waals surface area contributed by atoms with E-state index in [0.29, 0.717) is 11.8 Å². The maximum atomic E-state index is 10.4. The van der Waals surface area contributed by atoms with Crippen LogP contribution in [-0.2, 0) is 6.42 Å². The third-order valence-corrected chi connectivity index (χ3v) is 2.09. The summed E-state index contributed by atoms with van der Waals surface area (Å²) in [5.41, 5.74) is 2.42. The standard InChI is InChI=1S/C9H9NO2/c11-5-7-3-6-1-2-10-8(6)4-9(7)12/h3-5,10,12H,1-2H2. The van der Waals surface area contributed by atoms with Crippen LogP contribution < -0.4 is 5.32 Å². The van der Waals surface area contributed by atoms with Gasteiger partial charge in [-0.1, -0.05) is 0 Å². The van der Waals surface area contributed by atoms with Crippen LogP contribution in [0.2, 0.25) is 0 Å². The summed E-state index contributed by atoms with van der Waals surface area (Å²) in [6.45, 7) is 0.886. The number of phenols is 1. The number of rotatable bonds is 1. The summed E-state index contributed by atoms with van der Waals surface area (Å²) < 4.78 is 0. The van der Waals surface area contributed by atoms with E-state index in [-0.39, 0.29) is 5.75 Å². The van der Waals surface area contributed by atoms with Crippen molar-refractivity contribution in [3.05, 3.63) is 23.3 Å². The largest absolute Gasteiger partial charge is 0.507 e. The van der Waals surface area contributed by atoms with Crippen molar-refractivity contribution in [2.45, 2.75) is 6.42 Å². The molecule has 0 saturated heterocycles. The number of hydrogen-bond acceptors (Lipinski definition) is 3. The molecule has 0 unspecified atom stereocenters. The summed E-state index contributed by atoms with van der Waals surface area (Å²) in [6.07, 6.45) is 1.60. The Hall–Kier alpha value is -1.51. The number of nitrogens with one attached hydrogen (secondary N) is 1. The Morgan fingerprint density at radius 2 is 2.33 bits per heavy atom. The molecule has 0 radical (unpaired) electrons. The Morgan fingerprint density at radius 1 is 1.50 bits per heavy atom. The second-order valence-electron chi connectivity index (χ2n) is 2.86. The molecule has 12 heavy (non-hydrogen) atoms. The molecule has 0 spiro atoms. The molecular weight excluding hydrogens is 154 g/mol. The molecule has 62 valence electrons. The van der Waals surface area contributed by atoms with Crippen LogP contribution >= 0.6 is 0 Å². The van der Waals surface area contributed by atoms with Gasteiger partial charge in [-0.15, -0.1) is 0 Å². The van der Waals surface area contributed by atoms with Gasteiger partial charge in [-0.05, 0) is 18.1 Å². The number of carbonyl (C=O) groups excluding carboxylic acids is 1. The number of aromatic hydroxyl groups is 1. The number of anilines is 1. The highest BCUT2D eigenvalue weighted by atomic mass is 16.3. The van der Waals surface area contributed by atoms with Gasteiger partial charge in [-0.3, -0.25) is 4.79 Å². The third kappa shape index (κ3) is 0.942. The topological polar surface area (TPSA) is 49.3 Å². The molecule has 0 atom stereocenters. The van der Waals surface area contributed by atoms with Crippen LogP contribution in [0.15, 0.2) is 12.1 Å². The van der Waals surface area contributed by atoms with Gasteiger partial charge in [0.25, 0.3) is 0 Å². The van der Waals surface area contributed by atoms with Gasteiger partial charge >= 0.3 is 0 Å². The van der Waals surface area contributed by atoms with Crippen LogP contribution in [-0.4, -0.2) is 17.9 Å². The van der Waals surface area contributed by atoms with Gasteiger partial charge in [0, 0.05) is 18.3 Å². The first kappa shape index (κ1) is 7.16. The Kier molecular flexibility index (Phi) is 1.50. The molecule has 1 heterocycles. The van der Waals surface area contributed by atoms with E-state index in [9.17, 15) is 9.90 Å². The molecule has 3 heteroatoms. The summed E-state index contributed by atoms with van der Waals surface area (Å²) in [7, 11) is 0. The Labute approximate surface area is 70.0 Å². The van der Waals surface area contributed by atoms with Crippen molar-refractivity contribution in [1.82, 2.24) is 0 Å². The predicted molar refractivity (Wildman–Crippen MR) is 45.7 cm³/mol. The zero-order valence-corrected chi connectivity index (χ0v) is 6.50. The van der Waals surface area contributed by atoms with Crippen molar-refractivity contribution in [3.8, 4) is 5.75 Å². The quantitative estimate of drug-likeness (QED) is 0.611. The van der Waals surface area contributed by atoms with E-state index in [1.165, 1.54) is 0 Å². The average Bonchev–Trinajstić information content (AvgIpc) is 2.49. The SMILES string of the molecule is O=Cc1cc2c(cc1O)NCC2. The van der Waals surface area contributed by atoms with Crippen LogP contribution in [0, 0.1) is 0 Å². The van der Waals surface area contributed by atoms with E-state index in [4.69, 9.17) is 0 Å². The van der Waals surface area contributed by atoms with E-state index < -0.39 is 0 Å². The number of benzene rings is 1. The molecule has 0 aromatic heterocycles. The van der Waals surface area contributed by atoms with Crippen LogP contribution in [0.25, 0.3) is 0 Å². The fourth-order valence-corrected chi connectivity index (χ4v) is 1.45. The number of hydrogen-bond donors (Lipinski definition) is 2.